The van der Waals surface area contributed by atoms with Gasteiger partial charge in [0, 0.05) is 26.1 Å². The van der Waals surface area contributed by atoms with Crippen LogP contribution in [0.5, 0.6) is 0 Å². The van der Waals surface area contributed by atoms with Gasteiger partial charge in [0.1, 0.15) is 4.90 Å². The lowest BCUT2D eigenvalue weighted by atomic mass is 10.0. The molecule has 2 aliphatic rings. The van der Waals surface area contributed by atoms with Crippen LogP contribution in [0.15, 0.2) is 4.90 Å². The van der Waals surface area contributed by atoms with E-state index in [1.807, 2.05) is 6.92 Å². The molecule has 6 nitrogen and oxygen atoms in total. The van der Waals surface area contributed by atoms with Crippen LogP contribution in [0.3, 0.4) is 0 Å². The molecule has 0 N–H and O–H groups in total. The van der Waals surface area contributed by atoms with Crippen LogP contribution in [0, 0.1) is 19.8 Å². The standard InChI is InChI=1S/C13H21N3O3S/c1-8-5-11-6-16(7-12(11)19-8)20(17,18)13-9(2)14-15(4)10(13)3/h8,11-12H,5-7H2,1-4H3/t8-,11+,12-/m1/s1. The summed E-state index contributed by atoms with van der Waals surface area (Å²) in [6, 6.07) is 0. The minimum absolute atomic E-state index is 0.0528. The Morgan fingerprint density at radius 2 is 2.00 bits per heavy atom. The van der Waals surface area contributed by atoms with E-state index in [-0.39, 0.29) is 12.2 Å². The number of aromatic nitrogens is 2. The molecule has 0 aromatic carbocycles. The van der Waals surface area contributed by atoms with Crippen molar-refractivity contribution >= 4 is 10.0 Å². The van der Waals surface area contributed by atoms with Crippen molar-refractivity contribution in [1.82, 2.24) is 14.1 Å². The summed E-state index contributed by atoms with van der Waals surface area (Å²) in [4.78, 5) is 0.355. The van der Waals surface area contributed by atoms with Crippen LogP contribution < -0.4 is 0 Å². The molecule has 2 saturated heterocycles. The molecule has 0 unspecified atom stereocenters. The lowest BCUT2D eigenvalue weighted by molar-refractivity contribution is 0.0541. The Morgan fingerprint density at radius 3 is 2.55 bits per heavy atom. The second-order valence-corrected chi connectivity index (χ2v) is 7.80. The predicted molar refractivity (Wildman–Crippen MR) is 73.9 cm³/mol. The first kappa shape index (κ1) is 14.0. The van der Waals surface area contributed by atoms with Crippen molar-refractivity contribution < 1.29 is 13.2 Å². The van der Waals surface area contributed by atoms with Crippen molar-refractivity contribution in [3.63, 3.8) is 0 Å². The Hall–Kier alpha value is -0.920. The SMILES string of the molecule is Cc1nn(C)c(C)c1S(=O)(=O)N1C[C@@H]2C[C@@H](C)O[C@@H]2C1. The minimum atomic E-state index is -3.47. The summed E-state index contributed by atoms with van der Waals surface area (Å²) >= 11 is 0. The number of ether oxygens (including phenoxy) is 1. The highest BCUT2D eigenvalue weighted by atomic mass is 32.2. The van der Waals surface area contributed by atoms with Gasteiger partial charge in [-0.15, -0.1) is 0 Å². The fourth-order valence-corrected chi connectivity index (χ4v) is 5.33. The average molecular weight is 299 g/mol. The molecule has 0 saturated carbocycles. The van der Waals surface area contributed by atoms with Crippen molar-refractivity contribution in [2.24, 2.45) is 13.0 Å². The van der Waals surface area contributed by atoms with E-state index < -0.39 is 10.0 Å². The lowest BCUT2D eigenvalue weighted by Gasteiger charge is -2.18. The number of fused-ring (bicyclic) bond motifs is 1. The number of nitrogens with zero attached hydrogens (tertiary/aromatic N) is 3. The highest BCUT2D eigenvalue weighted by Crippen LogP contribution is 2.36. The molecule has 2 fully saturated rings. The van der Waals surface area contributed by atoms with Crippen LogP contribution in [0.4, 0.5) is 0 Å². The van der Waals surface area contributed by atoms with E-state index in [0.717, 1.165) is 6.42 Å². The van der Waals surface area contributed by atoms with Crippen LogP contribution >= 0.6 is 0 Å². The van der Waals surface area contributed by atoms with Gasteiger partial charge in [0.25, 0.3) is 0 Å². The number of hydrogen-bond donors (Lipinski definition) is 0. The second kappa shape index (κ2) is 4.54. The van der Waals surface area contributed by atoms with E-state index >= 15 is 0 Å². The Balaban J connectivity index is 1.91. The maximum absolute atomic E-state index is 12.8. The van der Waals surface area contributed by atoms with Crippen LogP contribution in [-0.4, -0.2) is 47.8 Å². The zero-order chi connectivity index (χ0) is 14.7. The van der Waals surface area contributed by atoms with Gasteiger partial charge in [0.05, 0.1) is 23.6 Å². The summed E-state index contributed by atoms with van der Waals surface area (Å²) in [5, 5.41) is 4.21. The maximum Gasteiger partial charge on any atom is 0.246 e. The summed E-state index contributed by atoms with van der Waals surface area (Å²) in [5.74, 6) is 0.331. The van der Waals surface area contributed by atoms with Gasteiger partial charge in [-0.3, -0.25) is 4.68 Å². The van der Waals surface area contributed by atoms with Crippen molar-refractivity contribution in [1.29, 1.82) is 0 Å². The smallest absolute Gasteiger partial charge is 0.246 e. The van der Waals surface area contributed by atoms with Gasteiger partial charge in [-0.1, -0.05) is 0 Å². The summed E-state index contributed by atoms with van der Waals surface area (Å²) in [7, 11) is -1.70. The molecule has 3 atom stereocenters. The third-order valence-corrected chi connectivity index (χ3v) is 6.51. The Kier molecular flexibility index (Phi) is 3.19. The van der Waals surface area contributed by atoms with Gasteiger partial charge >= 0.3 is 0 Å². The van der Waals surface area contributed by atoms with Gasteiger partial charge < -0.3 is 4.74 Å². The summed E-state index contributed by atoms with van der Waals surface area (Å²) in [5.41, 5.74) is 1.25. The Morgan fingerprint density at radius 1 is 1.30 bits per heavy atom. The molecule has 112 valence electrons. The molecule has 7 heteroatoms. The Bertz CT molecular complexity index is 624. The first-order valence-corrected chi connectivity index (χ1v) is 8.40. The zero-order valence-electron chi connectivity index (χ0n) is 12.3. The molecule has 0 radical (unpaired) electrons. The molecule has 0 spiro atoms. The van der Waals surface area contributed by atoms with Gasteiger partial charge in [0.2, 0.25) is 10.0 Å². The molecule has 3 heterocycles. The fraction of sp³-hybridized carbons (Fsp3) is 0.769. The van der Waals surface area contributed by atoms with E-state index in [2.05, 4.69) is 5.10 Å². The van der Waals surface area contributed by atoms with E-state index in [4.69, 9.17) is 4.74 Å². The van der Waals surface area contributed by atoms with Crippen LogP contribution in [0.2, 0.25) is 0 Å². The molecule has 1 aromatic rings. The van der Waals surface area contributed by atoms with Crippen molar-refractivity contribution in [2.45, 2.75) is 44.3 Å². The quantitative estimate of drug-likeness (QED) is 0.811. The highest BCUT2D eigenvalue weighted by molar-refractivity contribution is 7.89. The topological polar surface area (TPSA) is 64.4 Å². The van der Waals surface area contributed by atoms with Crippen molar-refractivity contribution in [3.05, 3.63) is 11.4 Å². The van der Waals surface area contributed by atoms with Crippen molar-refractivity contribution in [2.75, 3.05) is 13.1 Å². The maximum atomic E-state index is 12.8. The first-order chi connectivity index (χ1) is 9.30. The summed E-state index contributed by atoms with van der Waals surface area (Å²) < 4.78 is 34.6. The number of sulfonamides is 1. The summed E-state index contributed by atoms with van der Waals surface area (Å²) in [6.45, 7) is 6.61. The third-order valence-electron chi connectivity index (χ3n) is 4.43. The van der Waals surface area contributed by atoms with E-state index in [9.17, 15) is 8.42 Å². The normalized spacial score (nSPS) is 30.9. The number of rotatable bonds is 2. The summed E-state index contributed by atoms with van der Waals surface area (Å²) in [6.07, 6.45) is 1.25. The minimum Gasteiger partial charge on any atom is -0.374 e. The molecule has 1 aromatic heterocycles. The predicted octanol–water partition coefficient (Wildman–Crippen LogP) is 0.835. The van der Waals surface area contributed by atoms with Gasteiger partial charge in [-0.2, -0.15) is 9.40 Å². The van der Waals surface area contributed by atoms with Gasteiger partial charge in [-0.05, 0) is 27.2 Å². The van der Waals surface area contributed by atoms with Crippen LogP contribution in [0.25, 0.3) is 0 Å². The van der Waals surface area contributed by atoms with E-state index in [1.165, 1.54) is 0 Å². The van der Waals surface area contributed by atoms with Gasteiger partial charge in [0.15, 0.2) is 0 Å². The lowest BCUT2D eigenvalue weighted by Crippen LogP contribution is -2.32. The van der Waals surface area contributed by atoms with E-state index in [1.54, 1.807) is 29.9 Å². The molecule has 2 aliphatic heterocycles. The third kappa shape index (κ3) is 1.99. The fourth-order valence-electron chi connectivity index (χ4n) is 3.42. The van der Waals surface area contributed by atoms with Gasteiger partial charge in [-0.25, -0.2) is 8.42 Å². The highest BCUT2D eigenvalue weighted by Gasteiger charge is 2.45. The molecule has 20 heavy (non-hydrogen) atoms. The molecule has 0 bridgehead atoms. The zero-order valence-corrected chi connectivity index (χ0v) is 13.1. The first-order valence-electron chi connectivity index (χ1n) is 6.96. The molecular formula is C13H21N3O3S. The Labute approximate surface area is 119 Å². The molecular weight excluding hydrogens is 278 g/mol. The molecule has 3 rings (SSSR count). The second-order valence-electron chi connectivity index (χ2n) is 5.93. The monoisotopic (exact) mass is 299 g/mol. The largest absolute Gasteiger partial charge is 0.374 e. The number of hydrogen-bond acceptors (Lipinski definition) is 4. The average Bonchev–Trinajstić information content (AvgIpc) is 2.92. The van der Waals surface area contributed by atoms with Crippen LogP contribution in [0.1, 0.15) is 24.7 Å². The van der Waals surface area contributed by atoms with E-state index in [0.29, 0.717) is 35.3 Å². The van der Waals surface area contributed by atoms with Crippen molar-refractivity contribution in [3.8, 4) is 0 Å². The molecule has 0 aliphatic carbocycles. The van der Waals surface area contributed by atoms with Crippen LogP contribution in [-0.2, 0) is 21.8 Å². The molecule has 0 amide bonds. The number of aryl methyl sites for hydroxylation is 2.